The second-order valence-corrected chi connectivity index (χ2v) is 4.48. The van der Waals surface area contributed by atoms with Gasteiger partial charge in [-0.1, -0.05) is 24.3 Å². The van der Waals surface area contributed by atoms with Crippen LogP contribution in [0.2, 0.25) is 0 Å². The number of anilines is 3. The zero-order valence-corrected chi connectivity index (χ0v) is 10.5. The van der Waals surface area contributed by atoms with E-state index in [-0.39, 0.29) is 0 Å². The fourth-order valence-electron chi connectivity index (χ4n) is 1.81. The Kier molecular flexibility index (Phi) is 3.05. The maximum atomic E-state index is 6.06. The summed E-state index contributed by atoms with van der Waals surface area (Å²) in [5.74, 6) is 0. The van der Waals surface area contributed by atoms with Crippen LogP contribution in [-0.4, -0.2) is 0 Å². The molecule has 2 heteroatoms. The van der Waals surface area contributed by atoms with Gasteiger partial charge in [-0.3, -0.25) is 0 Å². The molecular weight excluding hydrogens is 208 g/mol. The third kappa shape index (κ3) is 2.41. The fraction of sp³-hybridized carbons (Fsp3) is 0.200. The fourth-order valence-corrected chi connectivity index (χ4v) is 1.81. The van der Waals surface area contributed by atoms with E-state index in [0.29, 0.717) is 0 Å². The lowest BCUT2D eigenvalue weighted by molar-refractivity contribution is 1.37. The van der Waals surface area contributed by atoms with Crippen molar-refractivity contribution >= 4 is 17.1 Å². The van der Waals surface area contributed by atoms with Crippen LogP contribution in [0.25, 0.3) is 0 Å². The average Bonchev–Trinajstić information content (AvgIpc) is 2.30. The Morgan fingerprint density at radius 2 is 1.65 bits per heavy atom. The highest BCUT2D eigenvalue weighted by atomic mass is 14.9. The second kappa shape index (κ2) is 4.50. The van der Waals surface area contributed by atoms with Gasteiger partial charge in [0.15, 0.2) is 0 Å². The molecule has 0 bridgehead atoms. The first-order chi connectivity index (χ1) is 8.08. The van der Waals surface area contributed by atoms with E-state index in [1.165, 1.54) is 11.1 Å². The van der Waals surface area contributed by atoms with Crippen molar-refractivity contribution in [2.75, 3.05) is 11.1 Å². The van der Waals surface area contributed by atoms with Gasteiger partial charge in [0, 0.05) is 5.69 Å². The second-order valence-electron chi connectivity index (χ2n) is 4.48. The molecule has 0 aromatic heterocycles. The van der Waals surface area contributed by atoms with Crippen LogP contribution in [0.15, 0.2) is 36.4 Å². The van der Waals surface area contributed by atoms with Gasteiger partial charge in [0.2, 0.25) is 0 Å². The monoisotopic (exact) mass is 226 g/mol. The quantitative estimate of drug-likeness (QED) is 0.761. The van der Waals surface area contributed by atoms with Gasteiger partial charge in [-0.05, 0) is 49.6 Å². The molecule has 2 nitrogen and oxygen atoms in total. The van der Waals surface area contributed by atoms with Crippen LogP contribution in [-0.2, 0) is 0 Å². The van der Waals surface area contributed by atoms with Gasteiger partial charge in [-0.25, -0.2) is 0 Å². The summed E-state index contributed by atoms with van der Waals surface area (Å²) >= 11 is 0. The molecule has 0 amide bonds. The van der Waals surface area contributed by atoms with Crippen LogP contribution < -0.4 is 11.1 Å². The predicted octanol–water partition coefficient (Wildman–Crippen LogP) is 3.94. The molecule has 2 aromatic rings. The van der Waals surface area contributed by atoms with Gasteiger partial charge in [-0.2, -0.15) is 0 Å². The number of hydrogen-bond acceptors (Lipinski definition) is 2. The molecule has 17 heavy (non-hydrogen) atoms. The first-order valence-electron chi connectivity index (χ1n) is 5.77. The number of nitrogens with one attached hydrogen (secondary N) is 1. The highest BCUT2D eigenvalue weighted by Crippen LogP contribution is 2.27. The Labute approximate surface area is 102 Å². The van der Waals surface area contributed by atoms with Crippen molar-refractivity contribution in [3.63, 3.8) is 0 Å². The maximum absolute atomic E-state index is 6.06. The Balaban J connectivity index is 2.38. The van der Waals surface area contributed by atoms with E-state index in [1.54, 1.807) is 0 Å². The van der Waals surface area contributed by atoms with Crippen LogP contribution in [0.1, 0.15) is 16.7 Å². The molecular formula is C15H18N2. The third-order valence-electron chi connectivity index (χ3n) is 2.99. The van der Waals surface area contributed by atoms with Crippen molar-refractivity contribution in [3.05, 3.63) is 53.1 Å². The number of para-hydroxylation sites is 1. The number of aryl methyl sites for hydroxylation is 3. The number of nitrogens with two attached hydrogens (primary N) is 1. The molecule has 3 N–H and O–H groups in total. The molecule has 0 spiro atoms. The zero-order valence-electron chi connectivity index (χ0n) is 10.5. The van der Waals surface area contributed by atoms with E-state index >= 15 is 0 Å². The van der Waals surface area contributed by atoms with Gasteiger partial charge < -0.3 is 11.1 Å². The summed E-state index contributed by atoms with van der Waals surface area (Å²) in [6.45, 7) is 6.20. The van der Waals surface area contributed by atoms with Gasteiger partial charge in [0.05, 0.1) is 11.4 Å². The molecule has 0 aliphatic rings. The molecule has 2 rings (SSSR count). The topological polar surface area (TPSA) is 38.0 Å². The largest absolute Gasteiger partial charge is 0.397 e. The van der Waals surface area contributed by atoms with Crippen LogP contribution in [0.4, 0.5) is 17.1 Å². The highest BCUT2D eigenvalue weighted by molar-refractivity contribution is 5.76. The zero-order chi connectivity index (χ0) is 12.4. The van der Waals surface area contributed by atoms with Crippen LogP contribution in [0.3, 0.4) is 0 Å². The van der Waals surface area contributed by atoms with E-state index in [2.05, 4.69) is 37.4 Å². The van der Waals surface area contributed by atoms with E-state index in [0.717, 1.165) is 22.6 Å². The molecule has 0 saturated carbocycles. The Bertz CT molecular complexity index is 545. The van der Waals surface area contributed by atoms with Gasteiger partial charge >= 0.3 is 0 Å². The van der Waals surface area contributed by atoms with Crippen molar-refractivity contribution in [2.24, 2.45) is 0 Å². The normalized spacial score (nSPS) is 10.3. The molecule has 0 aliphatic carbocycles. The summed E-state index contributed by atoms with van der Waals surface area (Å²) in [5.41, 5.74) is 12.5. The number of rotatable bonds is 2. The lowest BCUT2D eigenvalue weighted by Crippen LogP contribution is -1.99. The predicted molar refractivity (Wildman–Crippen MR) is 74.8 cm³/mol. The van der Waals surface area contributed by atoms with Crippen LogP contribution in [0.5, 0.6) is 0 Å². The van der Waals surface area contributed by atoms with Gasteiger partial charge in [0.25, 0.3) is 0 Å². The van der Waals surface area contributed by atoms with Crippen molar-refractivity contribution < 1.29 is 0 Å². The first kappa shape index (κ1) is 11.5. The summed E-state index contributed by atoms with van der Waals surface area (Å²) in [4.78, 5) is 0. The van der Waals surface area contributed by atoms with E-state index in [9.17, 15) is 0 Å². The molecule has 88 valence electrons. The molecule has 2 aromatic carbocycles. The number of nitrogen functional groups attached to an aromatic ring is 1. The smallest absolute Gasteiger partial charge is 0.0620 e. The molecule has 0 heterocycles. The number of hydrogen-bond donors (Lipinski definition) is 2. The maximum Gasteiger partial charge on any atom is 0.0620 e. The third-order valence-corrected chi connectivity index (χ3v) is 2.99. The van der Waals surface area contributed by atoms with Crippen molar-refractivity contribution in [1.29, 1.82) is 0 Å². The molecule has 0 fully saturated rings. The van der Waals surface area contributed by atoms with Crippen molar-refractivity contribution in [1.82, 2.24) is 0 Å². The van der Waals surface area contributed by atoms with Gasteiger partial charge in [0.1, 0.15) is 0 Å². The highest BCUT2D eigenvalue weighted by Gasteiger charge is 2.04. The Hall–Kier alpha value is -1.96. The molecule has 0 radical (unpaired) electrons. The summed E-state index contributed by atoms with van der Waals surface area (Å²) in [6.07, 6.45) is 0. The Morgan fingerprint density at radius 1 is 0.882 bits per heavy atom. The standard InChI is InChI=1S/C15H18N2/c1-10-7-8-11(2)14(9-10)17-13-6-4-5-12(3)15(13)16/h4-9,17H,16H2,1-3H3. The lowest BCUT2D eigenvalue weighted by atomic mass is 10.1. The van der Waals surface area contributed by atoms with Gasteiger partial charge in [-0.15, -0.1) is 0 Å². The molecule has 0 atom stereocenters. The first-order valence-corrected chi connectivity index (χ1v) is 5.77. The minimum atomic E-state index is 0.813. The van der Waals surface area contributed by atoms with Crippen LogP contribution in [0, 0.1) is 20.8 Å². The van der Waals surface area contributed by atoms with E-state index in [1.807, 2.05) is 25.1 Å². The summed E-state index contributed by atoms with van der Waals surface area (Å²) in [5, 5.41) is 3.40. The molecule has 0 unspecified atom stereocenters. The van der Waals surface area contributed by atoms with Crippen molar-refractivity contribution in [2.45, 2.75) is 20.8 Å². The number of benzene rings is 2. The lowest BCUT2D eigenvalue weighted by Gasteiger charge is -2.13. The average molecular weight is 226 g/mol. The summed E-state index contributed by atoms with van der Waals surface area (Å²) in [6, 6.07) is 12.4. The summed E-state index contributed by atoms with van der Waals surface area (Å²) in [7, 11) is 0. The van der Waals surface area contributed by atoms with E-state index in [4.69, 9.17) is 5.73 Å². The SMILES string of the molecule is Cc1ccc(C)c(Nc2cccc(C)c2N)c1. The molecule has 0 saturated heterocycles. The summed E-state index contributed by atoms with van der Waals surface area (Å²) < 4.78 is 0. The molecule has 0 aliphatic heterocycles. The minimum Gasteiger partial charge on any atom is -0.397 e. The van der Waals surface area contributed by atoms with Crippen LogP contribution >= 0.6 is 0 Å². The van der Waals surface area contributed by atoms with E-state index < -0.39 is 0 Å². The van der Waals surface area contributed by atoms with Crippen molar-refractivity contribution in [3.8, 4) is 0 Å². The Morgan fingerprint density at radius 3 is 2.41 bits per heavy atom. The minimum absolute atomic E-state index is 0.813.